The highest BCUT2D eigenvalue weighted by Crippen LogP contribution is 2.34. The Balaban J connectivity index is 2.25. The Bertz CT molecular complexity index is 798. The molecule has 0 bridgehead atoms. The zero-order chi connectivity index (χ0) is 15.0. The van der Waals surface area contributed by atoms with Gasteiger partial charge in [-0.2, -0.15) is 4.68 Å². The van der Waals surface area contributed by atoms with E-state index in [9.17, 15) is 0 Å². The predicted octanol–water partition coefficient (Wildman–Crippen LogP) is 3.98. The molecule has 0 unspecified atom stereocenters. The van der Waals surface area contributed by atoms with Crippen molar-refractivity contribution in [3.8, 4) is 17.1 Å². The predicted molar refractivity (Wildman–Crippen MR) is 86.7 cm³/mol. The van der Waals surface area contributed by atoms with Crippen LogP contribution in [-0.2, 0) is 0 Å². The topological polar surface area (TPSA) is 69.6 Å². The Morgan fingerprint density at radius 1 is 1.10 bits per heavy atom. The molecule has 1 heterocycles. The lowest BCUT2D eigenvalue weighted by Gasteiger charge is -2.10. The lowest BCUT2D eigenvalue weighted by Crippen LogP contribution is -2.03. The van der Waals surface area contributed by atoms with E-state index in [2.05, 4.69) is 31.5 Å². The van der Waals surface area contributed by atoms with Crippen molar-refractivity contribution in [2.45, 2.75) is 0 Å². The van der Waals surface area contributed by atoms with Gasteiger partial charge >= 0.3 is 0 Å². The molecule has 2 aromatic carbocycles. The summed E-state index contributed by atoms with van der Waals surface area (Å²) in [5, 5.41) is 12.7. The quantitative estimate of drug-likeness (QED) is 0.678. The number of nitrogen functional groups attached to an aromatic ring is 1. The highest BCUT2D eigenvalue weighted by molar-refractivity contribution is 9.10. The summed E-state index contributed by atoms with van der Waals surface area (Å²) in [6.45, 7) is 0. The molecule has 0 amide bonds. The molecule has 5 nitrogen and oxygen atoms in total. The summed E-state index contributed by atoms with van der Waals surface area (Å²) in [5.74, 6) is 0.429. The van der Waals surface area contributed by atoms with Crippen LogP contribution in [0.1, 0.15) is 0 Å². The Kier molecular flexibility index (Phi) is 3.84. The van der Waals surface area contributed by atoms with E-state index in [1.54, 1.807) is 24.3 Å². The zero-order valence-electron chi connectivity index (χ0n) is 10.5. The fraction of sp³-hybridized carbons (Fsp3) is 0. The number of benzene rings is 2. The lowest BCUT2D eigenvalue weighted by molar-refractivity contribution is 0.791. The molecule has 0 fully saturated rings. The molecule has 3 rings (SSSR count). The van der Waals surface area contributed by atoms with Gasteiger partial charge in [-0.3, -0.25) is 0 Å². The molecule has 0 spiro atoms. The third-order valence-electron chi connectivity index (χ3n) is 2.88. The number of nitrogens with zero attached hydrogens (tertiary/aromatic N) is 4. The summed E-state index contributed by atoms with van der Waals surface area (Å²) >= 11 is 15.8. The molecule has 1 aromatic heterocycles. The first-order valence-corrected chi connectivity index (χ1v) is 7.41. The first kappa shape index (κ1) is 14.3. The number of anilines is 1. The molecule has 0 aliphatic heterocycles. The number of aromatic nitrogens is 4. The molecule has 0 atom stereocenters. The van der Waals surface area contributed by atoms with Gasteiger partial charge in [0.05, 0.1) is 21.3 Å². The average molecular weight is 385 g/mol. The number of hydrogen-bond donors (Lipinski definition) is 1. The second-order valence-electron chi connectivity index (χ2n) is 4.21. The Hall–Kier alpha value is -1.63. The summed E-state index contributed by atoms with van der Waals surface area (Å²) in [5.41, 5.74) is 7.68. The van der Waals surface area contributed by atoms with E-state index >= 15 is 0 Å². The van der Waals surface area contributed by atoms with E-state index in [0.29, 0.717) is 32.8 Å². The van der Waals surface area contributed by atoms with Crippen LogP contribution < -0.4 is 5.73 Å². The van der Waals surface area contributed by atoms with Crippen molar-refractivity contribution in [2.24, 2.45) is 0 Å². The minimum absolute atomic E-state index is 0.429. The van der Waals surface area contributed by atoms with Crippen LogP contribution in [0.3, 0.4) is 0 Å². The van der Waals surface area contributed by atoms with E-state index in [1.807, 2.05) is 12.1 Å². The van der Waals surface area contributed by atoms with Crippen molar-refractivity contribution < 1.29 is 0 Å². The van der Waals surface area contributed by atoms with E-state index in [-0.39, 0.29) is 0 Å². The maximum Gasteiger partial charge on any atom is 0.190 e. The Morgan fingerprint density at radius 2 is 1.90 bits per heavy atom. The Morgan fingerprint density at radius 3 is 2.67 bits per heavy atom. The number of rotatable bonds is 2. The van der Waals surface area contributed by atoms with Crippen LogP contribution in [0.25, 0.3) is 17.1 Å². The van der Waals surface area contributed by atoms with E-state index in [1.165, 1.54) is 4.68 Å². The minimum atomic E-state index is 0.429. The standard InChI is InChI=1S/C13H8BrCl2N5/c14-7-4-5-8(15)11(6-7)21-13(18-19-20-21)12-9(16)2-1-3-10(12)17/h1-6H,17H2. The minimum Gasteiger partial charge on any atom is -0.398 e. The fourth-order valence-corrected chi connectivity index (χ4v) is 2.74. The highest BCUT2D eigenvalue weighted by Gasteiger charge is 2.18. The second kappa shape index (κ2) is 5.63. The first-order chi connectivity index (χ1) is 10.1. The van der Waals surface area contributed by atoms with Gasteiger partial charge in [-0.05, 0) is 40.8 Å². The van der Waals surface area contributed by atoms with Crippen LogP contribution in [0, 0.1) is 0 Å². The monoisotopic (exact) mass is 383 g/mol. The number of hydrogen-bond acceptors (Lipinski definition) is 4. The van der Waals surface area contributed by atoms with Crippen LogP contribution >= 0.6 is 39.1 Å². The van der Waals surface area contributed by atoms with E-state index in [0.717, 1.165) is 4.47 Å². The van der Waals surface area contributed by atoms with Gasteiger partial charge < -0.3 is 5.73 Å². The molecule has 0 radical (unpaired) electrons. The van der Waals surface area contributed by atoms with Gasteiger partial charge in [0.2, 0.25) is 0 Å². The SMILES string of the molecule is Nc1cccc(Cl)c1-c1nnnn1-c1cc(Br)ccc1Cl. The van der Waals surface area contributed by atoms with E-state index < -0.39 is 0 Å². The molecule has 0 saturated heterocycles. The van der Waals surface area contributed by atoms with Crippen molar-refractivity contribution in [1.29, 1.82) is 0 Å². The summed E-state index contributed by atoms with van der Waals surface area (Å²) in [4.78, 5) is 0. The normalized spacial score (nSPS) is 10.8. The van der Waals surface area contributed by atoms with Gasteiger partial charge in [-0.1, -0.05) is 45.2 Å². The molecule has 2 N–H and O–H groups in total. The number of halogens is 3. The highest BCUT2D eigenvalue weighted by atomic mass is 79.9. The third-order valence-corrected chi connectivity index (χ3v) is 4.00. The molecule has 3 aromatic rings. The van der Waals surface area contributed by atoms with Gasteiger partial charge in [0.25, 0.3) is 0 Å². The van der Waals surface area contributed by atoms with Gasteiger partial charge in [0.15, 0.2) is 5.82 Å². The molecule has 8 heteroatoms. The van der Waals surface area contributed by atoms with Crippen LogP contribution in [0.15, 0.2) is 40.9 Å². The Labute approximate surface area is 138 Å². The number of nitrogens with two attached hydrogens (primary N) is 1. The van der Waals surface area contributed by atoms with Gasteiger partial charge in [0.1, 0.15) is 0 Å². The summed E-state index contributed by atoms with van der Waals surface area (Å²) in [6.07, 6.45) is 0. The maximum atomic E-state index is 6.23. The third kappa shape index (κ3) is 2.62. The summed E-state index contributed by atoms with van der Waals surface area (Å²) < 4.78 is 2.36. The van der Waals surface area contributed by atoms with Gasteiger partial charge in [0, 0.05) is 10.2 Å². The van der Waals surface area contributed by atoms with Crippen LogP contribution in [0.4, 0.5) is 5.69 Å². The van der Waals surface area contributed by atoms with Gasteiger partial charge in [-0.15, -0.1) is 5.10 Å². The zero-order valence-corrected chi connectivity index (χ0v) is 13.6. The lowest BCUT2D eigenvalue weighted by atomic mass is 10.1. The first-order valence-electron chi connectivity index (χ1n) is 5.86. The molecule has 21 heavy (non-hydrogen) atoms. The molecule has 0 aliphatic rings. The molecule has 106 valence electrons. The van der Waals surface area contributed by atoms with Crippen molar-refractivity contribution in [3.05, 3.63) is 50.9 Å². The van der Waals surface area contributed by atoms with Crippen LogP contribution in [0.2, 0.25) is 10.0 Å². The number of tetrazole rings is 1. The largest absolute Gasteiger partial charge is 0.398 e. The van der Waals surface area contributed by atoms with Gasteiger partial charge in [-0.25, -0.2) is 0 Å². The second-order valence-corrected chi connectivity index (χ2v) is 5.94. The van der Waals surface area contributed by atoms with E-state index in [4.69, 9.17) is 28.9 Å². The summed E-state index contributed by atoms with van der Waals surface area (Å²) in [6, 6.07) is 10.6. The molecule has 0 aliphatic carbocycles. The molecular weight excluding hydrogens is 377 g/mol. The van der Waals surface area contributed by atoms with Crippen molar-refractivity contribution >= 4 is 44.8 Å². The smallest absolute Gasteiger partial charge is 0.190 e. The van der Waals surface area contributed by atoms with Crippen LogP contribution in [0.5, 0.6) is 0 Å². The average Bonchev–Trinajstić information content (AvgIpc) is 2.90. The van der Waals surface area contributed by atoms with Crippen LogP contribution in [-0.4, -0.2) is 20.2 Å². The molecule has 0 saturated carbocycles. The van der Waals surface area contributed by atoms with Crippen molar-refractivity contribution in [2.75, 3.05) is 5.73 Å². The molecular formula is C13H8BrCl2N5. The summed E-state index contributed by atoms with van der Waals surface area (Å²) in [7, 11) is 0. The van der Waals surface area contributed by atoms with Crippen molar-refractivity contribution in [3.63, 3.8) is 0 Å². The maximum absolute atomic E-state index is 6.23. The fourth-order valence-electron chi connectivity index (χ4n) is 1.93. The van der Waals surface area contributed by atoms with Crippen molar-refractivity contribution in [1.82, 2.24) is 20.2 Å².